The van der Waals surface area contributed by atoms with Gasteiger partial charge in [0.1, 0.15) is 0 Å². The fourth-order valence-electron chi connectivity index (χ4n) is 2.72. The Balaban J connectivity index is 1.76. The smallest absolute Gasteiger partial charge is 0.251 e. The molecule has 1 amide bonds. The van der Waals surface area contributed by atoms with Crippen LogP contribution in [0.15, 0.2) is 53.4 Å². The van der Waals surface area contributed by atoms with Gasteiger partial charge in [-0.2, -0.15) is 0 Å². The van der Waals surface area contributed by atoms with Gasteiger partial charge in [-0.3, -0.25) is 4.79 Å². The van der Waals surface area contributed by atoms with Crippen molar-refractivity contribution in [3.05, 3.63) is 65.2 Å². The van der Waals surface area contributed by atoms with Gasteiger partial charge >= 0.3 is 0 Å². The second-order valence-corrected chi connectivity index (χ2v) is 8.19. The number of amides is 1. The molecular formula is C19H22N2O3S. The van der Waals surface area contributed by atoms with Crippen LogP contribution in [0.3, 0.4) is 0 Å². The molecule has 0 aromatic heterocycles. The molecule has 1 atom stereocenters. The first-order valence-electron chi connectivity index (χ1n) is 8.35. The molecule has 0 spiro atoms. The topological polar surface area (TPSA) is 75.3 Å². The van der Waals surface area contributed by atoms with Gasteiger partial charge in [0.05, 0.1) is 10.9 Å². The Hall–Kier alpha value is -2.18. The molecule has 1 saturated carbocycles. The zero-order valence-electron chi connectivity index (χ0n) is 14.3. The van der Waals surface area contributed by atoms with Crippen LogP contribution in [0, 0.1) is 6.92 Å². The number of aryl methyl sites for hydroxylation is 1. The van der Waals surface area contributed by atoms with Crippen molar-refractivity contribution in [2.45, 2.75) is 43.7 Å². The predicted octanol–water partition coefficient (Wildman–Crippen LogP) is 2.93. The number of sulfonamides is 1. The highest BCUT2D eigenvalue weighted by Gasteiger charge is 2.28. The van der Waals surface area contributed by atoms with Crippen LogP contribution >= 0.6 is 0 Å². The summed E-state index contributed by atoms with van der Waals surface area (Å²) in [4.78, 5) is 12.6. The summed E-state index contributed by atoms with van der Waals surface area (Å²) in [5.74, 6) is -0.292. The number of carbonyl (C=O) groups excluding carboxylic acids is 1. The van der Waals surface area contributed by atoms with E-state index in [2.05, 4.69) is 10.0 Å². The van der Waals surface area contributed by atoms with Crippen molar-refractivity contribution < 1.29 is 13.2 Å². The van der Waals surface area contributed by atoms with Gasteiger partial charge in [-0.15, -0.1) is 0 Å². The molecule has 0 radical (unpaired) electrons. The van der Waals surface area contributed by atoms with Crippen LogP contribution in [0.2, 0.25) is 0 Å². The van der Waals surface area contributed by atoms with E-state index in [1.807, 2.05) is 38.1 Å². The quantitative estimate of drug-likeness (QED) is 0.834. The van der Waals surface area contributed by atoms with Gasteiger partial charge in [-0.05, 0) is 56.0 Å². The third kappa shape index (κ3) is 4.27. The Labute approximate surface area is 148 Å². The van der Waals surface area contributed by atoms with E-state index < -0.39 is 10.0 Å². The minimum absolute atomic E-state index is 0.0311. The van der Waals surface area contributed by atoms with Gasteiger partial charge in [0.2, 0.25) is 10.0 Å². The van der Waals surface area contributed by atoms with Crippen LogP contribution in [0.4, 0.5) is 0 Å². The highest BCUT2D eigenvalue weighted by Crippen LogP contribution is 2.23. The van der Waals surface area contributed by atoms with Gasteiger partial charge in [-0.25, -0.2) is 13.1 Å². The van der Waals surface area contributed by atoms with Crippen LogP contribution in [-0.4, -0.2) is 20.4 Å². The second-order valence-electron chi connectivity index (χ2n) is 6.48. The number of rotatable bonds is 6. The van der Waals surface area contributed by atoms with Crippen LogP contribution < -0.4 is 10.0 Å². The summed E-state index contributed by atoms with van der Waals surface area (Å²) in [5.41, 5.74) is 2.47. The molecular weight excluding hydrogens is 336 g/mol. The van der Waals surface area contributed by atoms with Crippen LogP contribution in [0.25, 0.3) is 0 Å². The van der Waals surface area contributed by atoms with E-state index in [1.165, 1.54) is 12.1 Å². The number of nitrogens with one attached hydrogen (secondary N) is 2. The van der Waals surface area contributed by atoms with E-state index in [0.29, 0.717) is 5.56 Å². The predicted molar refractivity (Wildman–Crippen MR) is 96.8 cm³/mol. The summed E-state index contributed by atoms with van der Waals surface area (Å²) in [5, 5.41) is 2.93. The molecule has 25 heavy (non-hydrogen) atoms. The van der Waals surface area contributed by atoms with Gasteiger partial charge in [0, 0.05) is 11.6 Å². The summed E-state index contributed by atoms with van der Waals surface area (Å²) in [6.07, 6.45) is 1.74. The first-order chi connectivity index (χ1) is 11.9. The molecule has 2 aromatic carbocycles. The Kier molecular flexibility index (Phi) is 4.92. The average molecular weight is 358 g/mol. The zero-order valence-corrected chi connectivity index (χ0v) is 15.1. The summed E-state index contributed by atoms with van der Waals surface area (Å²) in [7, 11) is -3.57. The number of hydrogen-bond acceptors (Lipinski definition) is 3. The summed E-state index contributed by atoms with van der Waals surface area (Å²) in [6, 6.07) is 13.9. The monoisotopic (exact) mass is 358 g/mol. The summed E-state index contributed by atoms with van der Waals surface area (Å²) < 4.78 is 27.2. The number of hydrogen-bond donors (Lipinski definition) is 2. The SMILES string of the molecule is Cc1ccccc1[C@H](C)NC(=O)c1cccc(S(=O)(=O)NC2CC2)c1. The molecule has 1 fully saturated rings. The fourth-order valence-corrected chi connectivity index (χ4v) is 4.07. The molecule has 2 N–H and O–H groups in total. The number of carbonyl (C=O) groups is 1. The Morgan fingerprint density at radius 3 is 2.52 bits per heavy atom. The molecule has 5 nitrogen and oxygen atoms in total. The lowest BCUT2D eigenvalue weighted by atomic mass is 10.0. The van der Waals surface area contributed by atoms with Gasteiger partial charge in [0.25, 0.3) is 5.91 Å². The highest BCUT2D eigenvalue weighted by atomic mass is 32.2. The van der Waals surface area contributed by atoms with Crippen LogP contribution in [0.1, 0.15) is 47.3 Å². The third-order valence-corrected chi connectivity index (χ3v) is 5.83. The largest absolute Gasteiger partial charge is 0.346 e. The molecule has 132 valence electrons. The Morgan fingerprint density at radius 1 is 1.12 bits per heavy atom. The van der Waals surface area contributed by atoms with Crippen molar-refractivity contribution in [2.24, 2.45) is 0 Å². The lowest BCUT2D eigenvalue weighted by Gasteiger charge is -2.17. The van der Waals surface area contributed by atoms with Crippen molar-refractivity contribution in [3.8, 4) is 0 Å². The first-order valence-corrected chi connectivity index (χ1v) is 9.84. The standard InChI is InChI=1S/C19H22N2O3S/c1-13-6-3-4-9-18(13)14(2)20-19(22)15-7-5-8-17(12-15)25(23,24)21-16-10-11-16/h3-9,12,14,16,21H,10-11H2,1-2H3,(H,20,22)/t14-/m0/s1. The number of benzene rings is 2. The van der Waals surface area contributed by atoms with Gasteiger partial charge in [-0.1, -0.05) is 30.3 Å². The van der Waals surface area contributed by atoms with Gasteiger partial charge in [0.15, 0.2) is 0 Å². The van der Waals surface area contributed by atoms with E-state index in [0.717, 1.165) is 24.0 Å². The molecule has 1 aliphatic carbocycles. The van der Waals surface area contributed by atoms with E-state index in [1.54, 1.807) is 12.1 Å². The maximum Gasteiger partial charge on any atom is 0.251 e. The molecule has 0 unspecified atom stereocenters. The Bertz CT molecular complexity index is 889. The third-order valence-electron chi connectivity index (χ3n) is 4.31. The molecule has 0 aliphatic heterocycles. The van der Waals surface area contributed by atoms with Crippen molar-refractivity contribution in [3.63, 3.8) is 0 Å². The van der Waals surface area contributed by atoms with Crippen molar-refractivity contribution in [1.29, 1.82) is 0 Å². The van der Waals surface area contributed by atoms with E-state index in [-0.39, 0.29) is 22.9 Å². The molecule has 0 saturated heterocycles. The van der Waals surface area contributed by atoms with Gasteiger partial charge < -0.3 is 5.32 Å². The van der Waals surface area contributed by atoms with Crippen molar-refractivity contribution in [1.82, 2.24) is 10.0 Å². The zero-order chi connectivity index (χ0) is 18.0. The Morgan fingerprint density at radius 2 is 1.84 bits per heavy atom. The normalized spacial score (nSPS) is 15.6. The molecule has 3 rings (SSSR count). The maximum absolute atomic E-state index is 12.5. The summed E-state index contributed by atoms with van der Waals surface area (Å²) in [6.45, 7) is 3.91. The molecule has 0 bridgehead atoms. The van der Waals surface area contributed by atoms with Crippen molar-refractivity contribution in [2.75, 3.05) is 0 Å². The molecule has 0 heterocycles. The molecule has 6 heteroatoms. The van der Waals surface area contributed by atoms with E-state index in [4.69, 9.17) is 0 Å². The second kappa shape index (κ2) is 6.98. The molecule has 1 aliphatic rings. The minimum Gasteiger partial charge on any atom is -0.346 e. The average Bonchev–Trinajstić information content (AvgIpc) is 3.38. The minimum atomic E-state index is -3.57. The fraction of sp³-hybridized carbons (Fsp3) is 0.316. The molecule has 2 aromatic rings. The van der Waals surface area contributed by atoms with Crippen molar-refractivity contribution >= 4 is 15.9 Å². The lowest BCUT2D eigenvalue weighted by Crippen LogP contribution is -2.28. The first kappa shape index (κ1) is 17.6. The highest BCUT2D eigenvalue weighted by molar-refractivity contribution is 7.89. The van der Waals surface area contributed by atoms with Crippen LogP contribution in [0.5, 0.6) is 0 Å². The van der Waals surface area contributed by atoms with Crippen LogP contribution in [-0.2, 0) is 10.0 Å². The van der Waals surface area contributed by atoms with E-state index >= 15 is 0 Å². The summed E-state index contributed by atoms with van der Waals surface area (Å²) >= 11 is 0. The maximum atomic E-state index is 12.5. The van der Waals surface area contributed by atoms with E-state index in [9.17, 15) is 13.2 Å². The lowest BCUT2D eigenvalue weighted by molar-refractivity contribution is 0.0939.